The van der Waals surface area contributed by atoms with Gasteiger partial charge in [-0.25, -0.2) is 0 Å². The lowest BCUT2D eigenvalue weighted by Gasteiger charge is -2.15. The van der Waals surface area contributed by atoms with Crippen LogP contribution >= 0.6 is 0 Å². The van der Waals surface area contributed by atoms with Gasteiger partial charge in [0.1, 0.15) is 18.3 Å². The molecule has 1 aliphatic rings. The van der Waals surface area contributed by atoms with E-state index in [4.69, 9.17) is 14.6 Å². The van der Waals surface area contributed by atoms with Crippen LogP contribution in [0.15, 0.2) is 0 Å². The number of hydrogen-bond donors (Lipinski definition) is 2. The summed E-state index contributed by atoms with van der Waals surface area (Å²) in [5, 5.41) is 18.3. The Bertz CT molecular complexity index is 140. The first kappa shape index (κ1) is 10.9. The molecule has 0 aromatic rings. The topological polar surface area (TPSA) is 58.9 Å². The van der Waals surface area contributed by atoms with E-state index >= 15 is 0 Å². The van der Waals surface area contributed by atoms with E-state index in [-0.39, 0.29) is 12.7 Å². The Hall–Kier alpha value is -0.160. The molecule has 0 spiro atoms. The molecule has 2 N–H and O–H groups in total. The number of hydrogen-bond acceptors (Lipinski definition) is 4. The van der Waals surface area contributed by atoms with E-state index in [2.05, 4.69) is 6.92 Å². The van der Waals surface area contributed by atoms with Crippen LogP contribution in [0.25, 0.3) is 0 Å². The maximum absolute atomic E-state index is 9.54. The minimum Gasteiger partial charge on any atom is -0.394 e. The predicted octanol–water partition coefficient (Wildman–Crippen LogP) is -0.0763. The minimum atomic E-state index is -0.679. The Balaban J connectivity index is 2.20. The second kappa shape index (κ2) is 5.54. The number of ether oxygens (including phenoxy) is 2. The van der Waals surface area contributed by atoms with Gasteiger partial charge in [-0.2, -0.15) is 0 Å². The van der Waals surface area contributed by atoms with Crippen molar-refractivity contribution >= 4 is 0 Å². The largest absolute Gasteiger partial charge is 0.394 e. The van der Waals surface area contributed by atoms with Gasteiger partial charge in [0.15, 0.2) is 0 Å². The summed E-state index contributed by atoms with van der Waals surface area (Å²) in [6, 6.07) is 0. The molecule has 0 radical (unpaired) electrons. The van der Waals surface area contributed by atoms with E-state index in [1.54, 1.807) is 0 Å². The standard InChI is InChI=1S/C9H18O4/c1-2-3-4-12-8-6-13-7(5-10)9(8)11/h7-11H,2-6H2,1H3/t7-,8+,9+/m1/s1. The fraction of sp³-hybridized carbons (Fsp3) is 1.00. The maximum atomic E-state index is 9.54. The first-order valence-electron chi connectivity index (χ1n) is 4.81. The number of aliphatic hydroxyl groups excluding tert-OH is 2. The van der Waals surface area contributed by atoms with E-state index < -0.39 is 12.2 Å². The van der Waals surface area contributed by atoms with Gasteiger partial charge < -0.3 is 19.7 Å². The van der Waals surface area contributed by atoms with Crippen molar-refractivity contribution < 1.29 is 19.7 Å². The van der Waals surface area contributed by atoms with Gasteiger partial charge in [-0.05, 0) is 6.42 Å². The summed E-state index contributed by atoms with van der Waals surface area (Å²) in [6.07, 6.45) is 0.664. The van der Waals surface area contributed by atoms with Gasteiger partial charge >= 0.3 is 0 Å². The van der Waals surface area contributed by atoms with Crippen molar-refractivity contribution in [2.75, 3.05) is 19.8 Å². The van der Waals surface area contributed by atoms with Gasteiger partial charge in [0.25, 0.3) is 0 Å². The smallest absolute Gasteiger partial charge is 0.111 e. The van der Waals surface area contributed by atoms with Crippen molar-refractivity contribution in [2.45, 2.75) is 38.1 Å². The zero-order chi connectivity index (χ0) is 9.68. The molecule has 0 saturated carbocycles. The number of aliphatic hydroxyl groups is 2. The summed E-state index contributed by atoms with van der Waals surface area (Å²) >= 11 is 0. The zero-order valence-electron chi connectivity index (χ0n) is 7.98. The fourth-order valence-electron chi connectivity index (χ4n) is 1.34. The van der Waals surface area contributed by atoms with Crippen LogP contribution in [0.2, 0.25) is 0 Å². The molecule has 4 heteroatoms. The normalized spacial score (nSPS) is 33.9. The van der Waals surface area contributed by atoms with Gasteiger partial charge in [-0.15, -0.1) is 0 Å². The molecule has 0 aliphatic carbocycles. The molecular weight excluding hydrogens is 172 g/mol. The molecule has 0 bridgehead atoms. The SMILES string of the molecule is CCCCO[C@H]1CO[C@H](CO)[C@@H]1O. The van der Waals surface area contributed by atoms with Crippen molar-refractivity contribution in [3.05, 3.63) is 0 Å². The molecule has 1 fully saturated rings. The minimum absolute atomic E-state index is 0.144. The molecule has 1 saturated heterocycles. The quantitative estimate of drug-likeness (QED) is 0.595. The first-order chi connectivity index (χ1) is 6.29. The van der Waals surface area contributed by atoms with Gasteiger partial charge in [-0.3, -0.25) is 0 Å². The molecule has 0 aromatic carbocycles. The lowest BCUT2D eigenvalue weighted by atomic mass is 10.1. The molecule has 0 aromatic heterocycles. The van der Waals surface area contributed by atoms with E-state index in [1.807, 2.05) is 0 Å². The molecule has 1 rings (SSSR count). The van der Waals surface area contributed by atoms with Crippen LogP contribution in [0.1, 0.15) is 19.8 Å². The molecule has 3 atom stereocenters. The van der Waals surface area contributed by atoms with Gasteiger partial charge in [-0.1, -0.05) is 13.3 Å². The van der Waals surface area contributed by atoms with E-state index in [1.165, 1.54) is 0 Å². The van der Waals surface area contributed by atoms with Crippen molar-refractivity contribution in [1.82, 2.24) is 0 Å². The van der Waals surface area contributed by atoms with E-state index in [0.29, 0.717) is 13.2 Å². The Morgan fingerprint density at radius 2 is 2.31 bits per heavy atom. The Labute approximate surface area is 78.5 Å². The Kier molecular flexibility index (Phi) is 4.66. The molecule has 1 heterocycles. The third kappa shape index (κ3) is 2.91. The zero-order valence-corrected chi connectivity index (χ0v) is 7.98. The first-order valence-corrected chi connectivity index (χ1v) is 4.81. The summed E-state index contributed by atoms with van der Waals surface area (Å²) in [6.45, 7) is 2.98. The lowest BCUT2D eigenvalue weighted by molar-refractivity contribution is -0.0285. The Morgan fingerprint density at radius 3 is 2.85 bits per heavy atom. The molecule has 13 heavy (non-hydrogen) atoms. The van der Waals surface area contributed by atoms with Crippen molar-refractivity contribution in [2.24, 2.45) is 0 Å². The molecular formula is C9H18O4. The van der Waals surface area contributed by atoms with Gasteiger partial charge in [0.2, 0.25) is 0 Å². The summed E-state index contributed by atoms with van der Waals surface area (Å²) in [5.74, 6) is 0. The highest BCUT2D eigenvalue weighted by Crippen LogP contribution is 2.17. The third-order valence-electron chi connectivity index (χ3n) is 2.25. The average molecular weight is 190 g/mol. The summed E-state index contributed by atoms with van der Waals surface area (Å²) in [5.41, 5.74) is 0. The summed E-state index contributed by atoms with van der Waals surface area (Å²) < 4.78 is 10.5. The highest BCUT2D eigenvalue weighted by Gasteiger charge is 2.35. The van der Waals surface area contributed by atoms with Crippen molar-refractivity contribution in [1.29, 1.82) is 0 Å². The highest BCUT2D eigenvalue weighted by molar-refractivity contribution is 4.83. The highest BCUT2D eigenvalue weighted by atomic mass is 16.6. The molecule has 1 aliphatic heterocycles. The van der Waals surface area contributed by atoms with Crippen LogP contribution in [-0.2, 0) is 9.47 Å². The average Bonchev–Trinajstić information content (AvgIpc) is 2.48. The summed E-state index contributed by atoms with van der Waals surface area (Å²) in [4.78, 5) is 0. The van der Waals surface area contributed by atoms with Gasteiger partial charge in [0.05, 0.1) is 13.2 Å². The second-order valence-electron chi connectivity index (χ2n) is 3.31. The molecule has 0 amide bonds. The molecule has 4 nitrogen and oxygen atoms in total. The predicted molar refractivity (Wildman–Crippen MR) is 47.5 cm³/mol. The van der Waals surface area contributed by atoms with Crippen LogP contribution in [-0.4, -0.2) is 48.3 Å². The van der Waals surface area contributed by atoms with Crippen LogP contribution in [0.5, 0.6) is 0 Å². The van der Waals surface area contributed by atoms with Crippen LogP contribution < -0.4 is 0 Å². The molecule has 78 valence electrons. The van der Waals surface area contributed by atoms with E-state index in [0.717, 1.165) is 12.8 Å². The monoisotopic (exact) mass is 190 g/mol. The fourth-order valence-corrected chi connectivity index (χ4v) is 1.34. The van der Waals surface area contributed by atoms with Crippen LogP contribution in [0.3, 0.4) is 0 Å². The number of unbranched alkanes of at least 4 members (excludes halogenated alkanes) is 1. The van der Waals surface area contributed by atoms with Crippen LogP contribution in [0.4, 0.5) is 0 Å². The molecule has 0 unspecified atom stereocenters. The van der Waals surface area contributed by atoms with Crippen molar-refractivity contribution in [3.8, 4) is 0 Å². The Morgan fingerprint density at radius 1 is 1.54 bits per heavy atom. The maximum Gasteiger partial charge on any atom is 0.111 e. The van der Waals surface area contributed by atoms with Crippen molar-refractivity contribution in [3.63, 3.8) is 0 Å². The lowest BCUT2D eigenvalue weighted by Crippen LogP contribution is -2.34. The van der Waals surface area contributed by atoms with Gasteiger partial charge in [0, 0.05) is 6.61 Å². The van der Waals surface area contributed by atoms with Crippen LogP contribution in [0, 0.1) is 0 Å². The second-order valence-corrected chi connectivity index (χ2v) is 3.31. The summed E-state index contributed by atoms with van der Waals surface area (Å²) in [7, 11) is 0. The number of rotatable bonds is 5. The van der Waals surface area contributed by atoms with E-state index in [9.17, 15) is 5.11 Å². The third-order valence-corrected chi connectivity index (χ3v) is 2.25.